The minimum atomic E-state index is 0.177. The highest BCUT2D eigenvalue weighted by Crippen LogP contribution is 2.41. The first-order valence-corrected chi connectivity index (χ1v) is 7.82. The molecule has 1 saturated carbocycles. The van der Waals surface area contributed by atoms with E-state index in [4.69, 9.17) is 0 Å². The number of hydrogen-bond acceptors (Lipinski definition) is 2. The summed E-state index contributed by atoms with van der Waals surface area (Å²) < 4.78 is 0. The van der Waals surface area contributed by atoms with Crippen LogP contribution in [0.3, 0.4) is 0 Å². The Balaban J connectivity index is 1.66. The van der Waals surface area contributed by atoms with Crippen LogP contribution in [0.15, 0.2) is 30.3 Å². The molecule has 1 aliphatic heterocycles. The third kappa shape index (κ3) is 3.21. The van der Waals surface area contributed by atoms with Gasteiger partial charge in [-0.25, -0.2) is 0 Å². The van der Waals surface area contributed by atoms with Gasteiger partial charge in [0.15, 0.2) is 0 Å². The number of piperidine rings is 1. The first-order chi connectivity index (χ1) is 9.74. The molecule has 2 aliphatic rings. The van der Waals surface area contributed by atoms with E-state index in [9.17, 15) is 4.79 Å². The summed E-state index contributed by atoms with van der Waals surface area (Å²) in [4.78, 5) is 12.5. The molecule has 1 aromatic carbocycles. The molecule has 2 fully saturated rings. The van der Waals surface area contributed by atoms with Gasteiger partial charge in [-0.1, -0.05) is 30.3 Å². The second-order valence-electron chi connectivity index (χ2n) is 6.31. The molecule has 108 valence electrons. The van der Waals surface area contributed by atoms with Crippen LogP contribution in [0, 0.1) is 11.8 Å². The van der Waals surface area contributed by atoms with Crippen molar-refractivity contribution in [1.29, 1.82) is 0 Å². The fourth-order valence-corrected chi connectivity index (χ4v) is 3.20. The zero-order valence-corrected chi connectivity index (χ0v) is 12.1. The molecule has 3 heteroatoms. The summed E-state index contributed by atoms with van der Waals surface area (Å²) in [6.07, 6.45) is 4.39. The summed E-state index contributed by atoms with van der Waals surface area (Å²) in [5, 5.41) is 6.73. The summed E-state index contributed by atoms with van der Waals surface area (Å²) in [5.74, 6) is 1.07. The van der Waals surface area contributed by atoms with E-state index in [2.05, 4.69) is 41.8 Å². The predicted molar refractivity (Wildman–Crippen MR) is 80.2 cm³/mol. The van der Waals surface area contributed by atoms with Crippen LogP contribution < -0.4 is 10.6 Å². The number of hydrogen-bond donors (Lipinski definition) is 2. The van der Waals surface area contributed by atoms with Crippen molar-refractivity contribution in [1.82, 2.24) is 10.6 Å². The standard InChI is InChI=1S/C17H24N2O/c1-12-11-15(9-10-18-12)17(20)19-16(14-7-8-14)13-5-3-2-4-6-13/h2-6,12,14-16,18H,7-11H2,1H3,(H,19,20)/t12-,15-,16?/m0/s1. The number of benzene rings is 1. The maximum absolute atomic E-state index is 12.5. The highest BCUT2D eigenvalue weighted by Gasteiger charge is 2.35. The SMILES string of the molecule is C[C@H]1C[C@@H](C(=O)NC(c2ccccc2)C2CC2)CCN1. The monoisotopic (exact) mass is 272 g/mol. The van der Waals surface area contributed by atoms with Crippen molar-refractivity contribution in [3.8, 4) is 0 Å². The molecule has 1 amide bonds. The van der Waals surface area contributed by atoms with E-state index in [1.165, 1.54) is 18.4 Å². The summed E-state index contributed by atoms with van der Waals surface area (Å²) in [7, 11) is 0. The van der Waals surface area contributed by atoms with Gasteiger partial charge in [0.1, 0.15) is 0 Å². The molecular weight excluding hydrogens is 248 g/mol. The van der Waals surface area contributed by atoms with Crippen molar-refractivity contribution in [2.75, 3.05) is 6.54 Å². The lowest BCUT2D eigenvalue weighted by atomic mass is 9.91. The van der Waals surface area contributed by atoms with Gasteiger partial charge in [-0.3, -0.25) is 4.79 Å². The van der Waals surface area contributed by atoms with Gasteiger partial charge >= 0.3 is 0 Å². The van der Waals surface area contributed by atoms with Crippen LogP contribution in [-0.2, 0) is 4.79 Å². The Bertz CT molecular complexity index is 455. The highest BCUT2D eigenvalue weighted by atomic mass is 16.2. The summed E-state index contributed by atoms with van der Waals surface area (Å²) in [5.41, 5.74) is 1.25. The van der Waals surface area contributed by atoms with E-state index < -0.39 is 0 Å². The molecule has 2 N–H and O–H groups in total. The smallest absolute Gasteiger partial charge is 0.223 e. The normalized spacial score (nSPS) is 27.9. The molecule has 3 atom stereocenters. The van der Waals surface area contributed by atoms with Crippen molar-refractivity contribution in [3.05, 3.63) is 35.9 Å². The quantitative estimate of drug-likeness (QED) is 0.884. The van der Waals surface area contributed by atoms with E-state index in [1.807, 2.05) is 6.07 Å². The first-order valence-electron chi connectivity index (χ1n) is 7.82. The minimum Gasteiger partial charge on any atom is -0.349 e. The van der Waals surface area contributed by atoms with Gasteiger partial charge in [0.25, 0.3) is 0 Å². The average Bonchev–Trinajstić information content (AvgIpc) is 3.30. The van der Waals surface area contributed by atoms with Gasteiger partial charge in [0, 0.05) is 12.0 Å². The Kier molecular flexibility index (Phi) is 4.06. The van der Waals surface area contributed by atoms with Crippen LogP contribution in [0.4, 0.5) is 0 Å². The van der Waals surface area contributed by atoms with Crippen LogP contribution in [0.25, 0.3) is 0 Å². The predicted octanol–water partition coefficient (Wildman–Crippen LogP) is 2.64. The van der Waals surface area contributed by atoms with Gasteiger partial charge in [-0.15, -0.1) is 0 Å². The number of nitrogens with one attached hydrogen (secondary N) is 2. The third-order valence-electron chi connectivity index (χ3n) is 4.54. The van der Waals surface area contributed by atoms with E-state index in [0.29, 0.717) is 12.0 Å². The second-order valence-corrected chi connectivity index (χ2v) is 6.31. The van der Waals surface area contributed by atoms with Crippen molar-refractivity contribution in [2.24, 2.45) is 11.8 Å². The Morgan fingerprint density at radius 2 is 2.00 bits per heavy atom. The molecule has 1 saturated heterocycles. The molecule has 3 nitrogen and oxygen atoms in total. The van der Waals surface area contributed by atoms with E-state index in [1.54, 1.807) is 0 Å². The molecule has 0 bridgehead atoms. The van der Waals surface area contributed by atoms with E-state index in [0.717, 1.165) is 19.4 Å². The van der Waals surface area contributed by atoms with Gasteiger partial charge in [0.05, 0.1) is 6.04 Å². The molecule has 1 heterocycles. The number of amides is 1. The fraction of sp³-hybridized carbons (Fsp3) is 0.588. The van der Waals surface area contributed by atoms with Crippen molar-refractivity contribution >= 4 is 5.91 Å². The Hall–Kier alpha value is -1.35. The van der Waals surface area contributed by atoms with Gasteiger partial charge in [-0.05, 0) is 50.6 Å². The van der Waals surface area contributed by atoms with Crippen LogP contribution in [-0.4, -0.2) is 18.5 Å². The van der Waals surface area contributed by atoms with Crippen molar-refractivity contribution in [3.63, 3.8) is 0 Å². The Morgan fingerprint density at radius 3 is 2.65 bits per heavy atom. The van der Waals surface area contributed by atoms with Crippen LogP contribution in [0.1, 0.15) is 44.2 Å². The number of carbonyl (C=O) groups excluding carboxylic acids is 1. The van der Waals surface area contributed by atoms with Crippen molar-refractivity contribution in [2.45, 2.75) is 44.7 Å². The zero-order valence-electron chi connectivity index (χ0n) is 12.1. The maximum Gasteiger partial charge on any atom is 0.223 e. The molecule has 0 spiro atoms. The van der Waals surface area contributed by atoms with E-state index >= 15 is 0 Å². The van der Waals surface area contributed by atoms with E-state index in [-0.39, 0.29) is 17.9 Å². The summed E-state index contributed by atoms with van der Waals surface area (Å²) >= 11 is 0. The lowest BCUT2D eigenvalue weighted by Gasteiger charge is -2.29. The minimum absolute atomic E-state index is 0.177. The van der Waals surface area contributed by atoms with Gasteiger partial charge in [-0.2, -0.15) is 0 Å². The maximum atomic E-state index is 12.5. The molecule has 3 rings (SSSR count). The fourth-order valence-electron chi connectivity index (χ4n) is 3.20. The third-order valence-corrected chi connectivity index (χ3v) is 4.54. The van der Waals surface area contributed by atoms with Gasteiger partial charge in [0.2, 0.25) is 5.91 Å². The average molecular weight is 272 g/mol. The molecule has 1 aromatic rings. The molecular formula is C17H24N2O. The van der Waals surface area contributed by atoms with Crippen LogP contribution in [0.2, 0.25) is 0 Å². The lowest BCUT2D eigenvalue weighted by Crippen LogP contribution is -2.43. The largest absolute Gasteiger partial charge is 0.349 e. The Morgan fingerprint density at radius 1 is 1.25 bits per heavy atom. The van der Waals surface area contributed by atoms with Gasteiger partial charge < -0.3 is 10.6 Å². The van der Waals surface area contributed by atoms with Crippen LogP contribution >= 0.6 is 0 Å². The second kappa shape index (κ2) is 5.96. The number of carbonyl (C=O) groups is 1. The molecule has 20 heavy (non-hydrogen) atoms. The molecule has 1 aliphatic carbocycles. The summed E-state index contributed by atoms with van der Waals surface area (Å²) in [6, 6.07) is 11.1. The first kappa shape index (κ1) is 13.6. The van der Waals surface area contributed by atoms with Crippen molar-refractivity contribution < 1.29 is 4.79 Å². The molecule has 1 unspecified atom stereocenters. The molecule has 0 aromatic heterocycles. The lowest BCUT2D eigenvalue weighted by molar-refractivity contribution is -0.127. The van der Waals surface area contributed by atoms with Crippen LogP contribution in [0.5, 0.6) is 0 Å². The Labute approximate surface area is 121 Å². The number of rotatable bonds is 4. The zero-order chi connectivity index (χ0) is 13.9. The topological polar surface area (TPSA) is 41.1 Å². The summed E-state index contributed by atoms with van der Waals surface area (Å²) in [6.45, 7) is 3.12. The highest BCUT2D eigenvalue weighted by molar-refractivity contribution is 5.79. The molecule has 0 radical (unpaired) electrons.